The number of hydrogen-bond acceptors (Lipinski definition) is 5. The molecule has 0 aliphatic carbocycles. The Morgan fingerprint density at radius 3 is 2.59 bits per heavy atom. The van der Waals surface area contributed by atoms with Crippen LogP contribution in [0.5, 0.6) is 0 Å². The molecule has 2 rings (SSSR count). The minimum Gasteiger partial charge on any atom is -0.483 e. The molecule has 4 N–H and O–H groups in total. The molecule has 0 fully saturated rings. The lowest BCUT2D eigenvalue weighted by Crippen LogP contribution is -2.41. The number of amides is 1. The van der Waals surface area contributed by atoms with E-state index in [-0.39, 0.29) is 36.8 Å². The Labute approximate surface area is 150 Å². The van der Waals surface area contributed by atoms with E-state index in [9.17, 15) is 26.7 Å². The molecule has 1 aromatic carbocycles. The van der Waals surface area contributed by atoms with E-state index < -0.39 is 29.6 Å². The molecule has 150 valence electrons. The number of alkyl halides is 4. The van der Waals surface area contributed by atoms with Crippen molar-refractivity contribution in [1.29, 1.82) is 0 Å². The number of nitrogens with zero attached hydrogens (tertiary/aromatic N) is 1. The maximum atomic E-state index is 14.1. The number of ether oxygens (including phenoxy) is 1. The molecule has 27 heavy (non-hydrogen) atoms. The molecule has 0 bridgehead atoms. The number of amidine groups is 1. The van der Waals surface area contributed by atoms with Crippen LogP contribution >= 0.6 is 0 Å². The molecule has 12 heteroatoms. The van der Waals surface area contributed by atoms with Gasteiger partial charge in [0.05, 0.1) is 6.61 Å². The highest BCUT2D eigenvalue weighted by atomic mass is 19.3. The first kappa shape index (κ1) is 22.3. The van der Waals surface area contributed by atoms with Crippen molar-refractivity contribution in [2.45, 2.75) is 24.8 Å². The molecule has 1 heterocycles. The molecule has 0 radical (unpaired) electrons. The Bertz CT molecular complexity index is 729. The van der Waals surface area contributed by atoms with Crippen LogP contribution in [0.25, 0.3) is 0 Å². The summed E-state index contributed by atoms with van der Waals surface area (Å²) in [7, 11) is 0. The van der Waals surface area contributed by atoms with Crippen LogP contribution < -0.4 is 11.1 Å². The van der Waals surface area contributed by atoms with Gasteiger partial charge in [0.1, 0.15) is 23.8 Å². The highest BCUT2D eigenvalue weighted by molar-refractivity contribution is 5.96. The van der Waals surface area contributed by atoms with E-state index in [2.05, 4.69) is 4.99 Å². The second-order valence-corrected chi connectivity index (χ2v) is 5.55. The van der Waals surface area contributed by atoms with Gasteiger partial charge in [-0.3, -0.25) is 14.6 Å². The first-order chi connectivity index (χ1) is 12.5. The van der Waals surface area contributed by atoms with Gasteiger partial charge in [0.25, 0.3) is 6.47 Å². The molecule has 1 aromatic rings. The van der Waals surface area contributed by atoms with Crippen LogP contribution in [0.4, 0.5) is 27.6 Å². The number of rotatable bonds is 4. The highest BCUT2D eigenvalue weighted by Gasteiger charge is 2.49. The van der Waals surface area contributed by atoms with Gasteiger partial charge in [-0.05, 0) is 25.1 Å². The van der Waals surface area contributed by atoms with Gasteiger partial charge in [-0.1, -0.05) is 0 Å². The first-order valence-electron chi connectivity index (χ1n) is 7.25. The van der Waals surface area contributed by atoms with E-state index in [1.165, 1.54) is 6.92 Å². The highest BCUT2D eigenvalue weighted by Crippen LogP contribution is 2.33. The summed E-state index contributed by atoms with van der Waals surface area (Å²) in [5, 5.41) is 8.53. The van der Waals surface area contributed by atoms with Crippen molar-refractivity contribution in [3.05, 3.63) is 29.6 Å². The Balaban J connectivity index is 0.00000114. The number of carbonyl (C=O) groups is 2. The number of carbonyl (C=O) groups excluding carboxylic acids is 1. The standard InChI is InChI=1S/C14H14F5N3O2.CH2O2/c1-13(6-24-5-10(20)22-13)8-4-7(2-3-9(8)15)21-12(23)14(18,19)11(16)17;2-1-3/h2-4,11H,5-6H2,1H3,(H2,20,22)(H,21,23);1H,(H,2,3)/t13-;/m0./s1. The second kappa shape index (κ2) is 8.75. The maximum Gasteiger partial charge on any atom is 0.383 e. The van der Waals surface area contributed by atoms with Crippen molar-refractivity contribution >= 4 is 23.9 Å². The summed E-state index contributed by atoms with van der Waals surface area (Å²) >= 11 is 0. The van der Waals surface area contributed by atoms with E-state index in [1.807, 2.05) is 0 Å². The summed E-state index contributed by atoms with van der Waals surface area (Å²) in [6, 6.07) is 2.90. The minimum absolute atomic E-state index is 0.0325. The van der Waals surface area contributed by atoms with Gasteiger partial charge >= 0.3 is 18.3 Å². The normalized spacial score (nSPS) is 19.6. The molecular formula is C15H16F5N3O4. The molecule has 1 atom stereocenters. The summed E-state index contributed by atoms with van der Waals surface area (Å²) in [4.78, 5) is 23.7. The lowest BCUT2D eigenvalue weighted by Gasteiger charge is -2.30. The fourth-order valence-corrected chi connectivity index (χ4v) is 2.20. The zero-order valence-electron chi connectivity index (χ0n) is 13.9. The molecule has 0 spiro atoms. The minimum atomic E-state index is -4.87. The van der Waals surface area contributed by atoms with Gasteiger partial charge in [-0.25, -0.2) is 13.2 Å². The number of anilines is 1. The monoisotopic (exact) mass is 397 g/mol. The van der Waals surface area contributed by atoms with Crippen LogP contribution in [0, 0.1) is 5.82 Å². The summed E-state index contributed by atoms with van der Waals surface area (Å²) in [5.41, 5.74) is 3.96. The number of aliphatic imine (C=N–C) groups is 1. The van der Waals surface area contributed by atoms with Gasteiger partial charge in [0, 0.05) is 11.3 Å². The fourth-order valence-electron chi connectivity index (χ4n) is 2.20. The number of nitrogens with two attached hydrogens (primary N) is 1. The Morgan fingerprint density at radius 2 is 2.07 bits per heavy atom. The topological polar surface area (TPSA) is 114 Å². The van der Waals surface area contributed by atoms with Crippen LogP contribution in [0.3, 0.4) is 0 Å². The van der Waals surface area contributed by atoms with Gasteiger partial charge in [-0.15, -0.1) is 0 Å². The lowest BCUT2D eigenvalue weighted by atomic mass is 9.92. The van der Waals surface area contributed by atoms with Crippen molar-refractivity contribution in [2.24, 2.45) is 10.7 Å². The van der Waals surface area contributed by atoms with Gasteiger partial charge in [0.15, 0.2) is 0 Å². The van der Waals surface area contributed by atoms with Crippen molar-refractivity contribution < 1.29 is 41.4 Å². The van der Waals surface area contributed by atoms with Crippen molar-refractivity contribution in [1.82, 2.24) is 0 Å². The van der Waals surface area contributed by atoms with E-state index in [4.69, 9.17) is 20.4 Å². The van der Waals surface area contributed by atoms with Crippen LogP contribution in [-0.2, 0) is 19.9 Å². The second-order valence-electron chi connectivity index (χ2n) is 5.55. The molecular weight excluding hydrogens is 381 g/mol. The number of halogens is 5. The van der Waals surface area contributed by atoms with Gasteiger partial charge in [-0.2, -0.15) is 8.78 Å². The number of nitrogens with one attached hydrogen (secondary N) is 1. The van der Waals surface area contributed by atoms with Crippen molar-refractivity contribution in [3.8, 4) is 0 Å². The number of benzene rings is 1. The predicted molar refractivity (Wildman–Crippen MR) is 84.5 cm³/mol. The average Bonchev–Trinajstić information content (AvgIpc) is 2.56. The molecule has 1 amide bonds. The molecule has 0 aromatic heterocycles. The number of hydrogen-bond donors (Lipinski definition) is 3. The van der Waals surface area contributed by atoms with Crippen molar-refractivity contribution in [3.63, 3.8) is 0 Å². The Hall–Kier alpha value is -2.76. The molecule has 1 aliphatic rings. The fraction of sp³-hybridized carbons (Fsp3) is 0.400. The third-order valence-corrected chi connectivity index (χ3v) is 3.40. The summed E-state index contributed by atoms with van der Waals surface area (Å²) < 4.78 is 69.6. The lowest BCUT2D eigenvalue weighted by molar-refractivity contribution is -0.163. The number of carboxylic acid groups (broad SMARTS) is 1. The van der Waals surface area contributed by atoms with Crippen LogP contribution in [0.2, 0.25) is 0 Å². The maximum absolute atomic E-state index is 14.1. The summed E-state index contributed by atoms with van der Waals surface area (Å²) in [5.74, 6) is -7.68. The first-order valence-corrected chi connectivity index (χ1v) is 7.25. The zero-order valence-corrected chi connectivity index (χ0v) is 13.9. The smallest absolute Gasteiger partial charge is 0.383 e. The zero-order chi connectivity index (χ0) is 20.8. The molecule has 7 nitrogen and oxygen atoms in total. The van der Waals surface area contributed by atoms with Crippen molar-refractivity contribution in [2.75, 3.05) is 18.5 Å². The SMILES string of the molecule is C[C@@]1(c2cc(NC(=O)C(F)(F)C(F)F)ccc2F)COCC(N)=N1.O=CO. The average molecular weight is 397 g/mol. The van der Waals surface area contributed by atoms with Gasteiger partial charge < -0.3 is 20.9 Å². The third kappa shape index (κ3) is 5.36. The molecule has 1 aliphatic heterocycles. The Morgan fingerprint density at radius 1 is 1.48 bits per heavy atom. The summed E-state index contributed by atoms with van der Waals surface area (Å²) in [6.07, 6.45) is -4.16. The predicted octanol–water partition coefficient (Wildman–Crippen LogP) is 1.97. The summed E-state index contributed by atoms with van der Waals surface area (Å²) in [6.45, 7) is 1.28. The molecule has 0 unspecified atom stereocenters. The van der Waals surface area contributed by atoms with E-state index in [0.29, 0.717) is 0 Å². The molecule has 0 saturated carbocycles. The van der Waals surface area contributed by atoms with E-state index in [0.717, 1.165) is 18.2 Å². The Kier molecular flexibility index (Phi) is 7.22. The van der Waals surface area contributed by atoms with Crippen LogP contribution in [-0.4, -0.2) is 48.9 Å². The van der Waals surface area contributed by atoms with Crippen LogP contribution in [0.1, 0.15) is 12.5 Å². The third-order valence-electron chi connectivity index (χ3n) is 3.40. The van der Waals surface area contributed by atoms with E-state index in [1.54, 1.807) is 5.32 Å². The van der Waals surface area contributed by atoms with Gasteiger partial charge in [0.2, 0.25) is 0 Å². The largest absolute Gasteiger partial charge is 0.483 e. The van der Waals surface area contributed by atoms with Crippen LogP contribution in [0.15, 0.2) is 23.2 Å². The quantitative estimate of drug-likeness (QED) is 0.531. The van der Waals surface area contributed by atoms with E-state index >= 15 is 0 Å². The molecule has 0 saturated heterocycles.